The van der Waals surface area contributed by atoms with E-state index in [0.29, 0.717) is 21.7 Å². The van der Waals surface area contributed by atoms with Crippen LogP contribution in [0.2, 0.25) is 5.02 Å². The van der Waals surface area contributed by atoms with Gasteiger partial charge in [-0.3, -0.25) is 4.79 Å². The molecular formula is C19H18ClN3O2S2. The minimum atomic E-state index is 0.0983. The minimum absolute atomic E-state index is 0.0983. The number of carbonyl (C=O) groups is 1. The van der Waals surface area contributed by atoms with Crippen molar-refractivity contribution in [1.82, 2.24) is 15.1 Å². The van der Waals surface area contributed by atoms with Gasteiger partial charge in [0.15, 0.2) is 0 Å². The van der Waals surface area contributed by atoms with Crippen LogP contribution in [0.5, 0.6) is 0 Å². The van der Waals surface area contributed by atoms with Crippen LogP contribution in [-0.4, -0.2) is 33.3 Å². The molecule has 0 N–H and O–H groups in total. The summed E-state index contributed by atoms with van der Waals surface area (Å²) in [7, 11) is 0. The lowest BCUT2D eigenvalue weighted by Gasteiger charge is -2.35. The molecule has 1 amide bonds. The molecule has 0 saturated carbocycles. The van der Waals surface area contributed by atoms with E-state index in [0.717, 1.165) is 19.4 Å². The Kier molecular flexibility index (Phi) is 5.52. The van der Waals surface area contributed by atoms with Crippen molar-refractivity contribution in [3.8, 4) is 11.5 Å². The molecule has 1 aliphatic heterocycles. The smallest absolute Gasteiger partial charge is 0.277 e. The Hall–Kier alpha value is -1.83. The van der Waals surface area contributed by atoms with Gasteiger partial charge in [0.25, 0.3) is 5.22 Å². The third-order valence-electron chi connectivity index (χ3n) is 4.63. The summed E-state index contributed by atoms with van der Waals surface area (Å²) in [6, 6.07) is 9.62. The summed E-state index contributed by atoms with van der Waals surface area (Å²) >= 11 is 9.22. The molecule has 4 rings (SSSR count). The molecule has 5 nitrogen and oxygen atoms in total. The Bertz CT molecular complexity index is 956. The fraction of sp³-hybridized carbons (Fsp3) is 0.316. The molecule has 0 spiro atoms. The first-order valence-electron chi connectivity index (χ1n) is 8.74. The maximum absolute atomic E-state index is 12.8. The van der Waals surface area contributed by atoms with Crippen molar-refractivity contribution in [2.24, 2.45) is 0 Å². The average Bonchev–Trinajstić information content (AvgIpc) is 3.35. The van der Waals surface area contributed by atoms with Crippen LogP contribution in [0.4, 0.5) is 0 Å². The van der Waals surface area contributed by atoms with Crippen molar-refractivity contribution in [3.05, 3.63) is 51.2 Å². The molecule has 0 aliphatic carbocycles. The number of benzene rings is 1. The fourth-order valence-corrected chi connectivity index (χ4v) is 5.15. The molecule has 8 heteroatoms. The quantitative estimate of drug-likeness (QED) is 0.539. The molecular weight excluding hydrogens is 402 g/mol. The number of thioether (sulfide) groups is 1. The third-order valence-corrected chi connectivity index (χ3v) is 6.76. The average molecular weight is 420 g/mol. The van der Waals surface area contributed by atoms with Crippen molar-refractivity contribution in [2.45, 2.75) is 31.0 Å². The van der Waals surface area contributed by atoms with Crippen LogP contribution in [-0.2, 0) is 11.2 Å². The van der Waals surface area contributed by atoms with Crippen molar-refractivity contribution >= 4 is 40.6 Å². The SMILES string of the molecule is CCC1c2ccsc2CCN1C(=O)CSc1nnc(-c2ccccc2Cl)o1. The summed E-state index contributed by atoms with van der Waals surface area (Å²) in [6.07, 6.45) is 1.84. The van der Waals surface area contributed by atoms with Crippen LogP contribution in [0.1, 0.15) is 29.8 Å². The lowest BCUT2D eigenvalue weighted by atomic mass is 9.98. The van der Waals surface area contributed by atoms with Gasteiger partial charge in [-0.25, -0.2) is 0 Å². The maximum Gasteiger partial charge on any atom is 0.277 e. The van der Waals surface area contributed by atoms with E-state index in [1.165, 1.54) is 22.2 Å². The number of thiophene rings is 1. The van der Waals surface area contributed by atoms with Crippen LogP contribution < -0.4 is 0 Å². The van der Waals surface area contributed by atoms with E-state index in [2.05, 4.69) is 28.6 Å². The van der Waals surface area contributed by atoms with Crippen molar-refractivity contribution in [3.63, 3.8) is 0 Å². The standard InChI is InChI=1S/C19H18ClN3O2S2/c1-2-15-13-8-10-26-16(13)7-9-23(15)17(24)11-27-19-22-21-18(25-19)12-5-3-4-6-14(12)20/h3-6,8,10,15H,2,7,9,11H2,1H3. The molecule has 1 aromatic carbocycles. The Morgan fingerprint density at radius 2 is 2.22 bits per heavy atom. The number of fused-ring (bicyclic) bond motifs is 1. The van der Waals surface area contributed by atoms with Crippen LogP contribution >= 0.6 is 34.7 Å². The second kappa shape index (κ2) is 8.04. The Balaban J connectivity index is 1.42. The molecule has 0 saturated heterocycles. The maximum atomic E-state index is 12.8. The number of amides is 1. The second-order valence-corrected chi connectivity index (χ2v) is 8.54. The summed E-state index contributed by atoms with van der Waals surface area (Å²) in [5.74, 6) is 0.740. The van der Waals surface area contributed by atoms with E-state index >= 15 is 0 Å². The molecule has 3 aromatic rings. The first-order chi connectivity index (χ1) is 13.2. The molecule has 1 aliphatic rings. The number of hydrogen-bond acceptors (Lipinski definition) is 6. The highest BCUT2D eigenvalue weighted by molar-refractivity contribution is 7.99. The Labute approximate surface area is 170 Å². The zero-order valence-corrected chi connectivity index (χ0v) is 17.1. The third kappa shape index (κ3) is 3.77. The Morgan fingerprint density at radius 1 is 1.37 bits per heavy atom. The van der Waals surface area contributed by atoms with Gasteiger partial charge in [-0.1, -0.05) is 42.4 Å². The first-order valence-corrected chi connectivity index (χ1v) is 11.0. The largest absolute Gasteiger partial charge is 0.411 e. The van der Waals surface area contributed by atoms with Crippen LogP contribution in [0.15, 0.2) is 45.4 Å². The zero-order chi connectivity index (χ0) is 18.8. The second-order valence-electron chi connectivity index (χ2n) is 6.20. The summed E-state index contributed by atoms with van der Waals surface area (Å²) in [5, 5.41) is 11.1. The van der Waals surface area contributed by atoms with E-state index in [1.807, 2.05) is 23.1 Å². The number of rotatable bonds is 5. The monoisotopic (exact) mass is 419 g/mol. The summed E-state index contributed by atoms with van der Waals surface area (Å²) in [4.78, 5) is 16.2. The number of carbonyl (C=O) groups excluding carboxylic acids is 1. The van der Waals surface area contributed by atoms with E-state index in [9.17, 15) is 4.79 Å². The van der Waals surface area contributed by atoms with Gasteiger partial charge in [0, 0.05) is 11.4 Å². The minimum Gasteiger partial charge on any atom is -0.411 e. The highest BCUT2D eigenvalue weighted by Gasteiger charge is 2.30. The predicted molar refractivity (Wildman–Crippen MR) is 108 cm³/mol. The molecule has 0 fully saturated rings. The van der Waals surface area contributed by atoms with Crippen molar-refractivity contribution in [2.75, 3.05) is 12.3 Å². The van der Waals surface area contributed by atoms with E-state index < -0.39 is 0 Å². The topological polar surface area (TPSA) is 59.2 Å². The van der Waals surface area contributed by atoms with Crippen molar-refractivity contribution < 1.29 is 9.21 Å². The summed E-state index contributed by atoms with van der Waals surface area (Å²) < 4.78 is 5.67. The van der Waals surface area contributed by atoms with Gasteiger partial charge in [0.2, 0.25) is 11.8 Å². The number of hydrogen-bond donors (Lipinski definition) is 0. The molecule has 140 valence electrons. The normalized spacial score (nSPS) is 16.4. The van der Waals surface area contributed by atoms with Crippen molar-refractivity contribution in [1.29, 1.82) is 0 Å². The molecule has 27 heavy (non-hydrogen) atoms. The lowest BCUT2D eigenvalue weighted by molar-refractivity contribution is -0.131. The van der Waals surface area contributed by atoms with Crippen LogP contribution in [0.3, 0.4) is 0 Å². The van der Waals surface area contributed by atoms with E-state index in [4.69, 9.17) is 16.0 Å². The molecule has 2 aromatic heterocycles. The van der Waals surface area contributed by atoms with Gasteiger partial charge >= 0.3 is 0 Å². The summed E-state index contributed by atoms with van der Waals surface area (Å²) in [6.45, 7) is 2.89. The van der Waals surface area contributed by atoms with Gasteiger partial charge in [-0.05, 0) is 42.0 Å². The van der Waals surface area contributed by atoms with E-state index in [1.54, 1.807) is 17.4 Å². The Morgan fingerprint density at radius 3 is 3.04 bits per heavy atom. The number of nitrogens with zero attached hydrogens (tertiary/aromatic N) is 3. The highest BCUT2D eigenvalue weighted by Crippen LogP contribution is 2.36. The van der Waals surface area contributed by atoms with Gasteiger partial charge in [0.1, 0.15) is 0 Å². The van der Waals surface area contributed by atoms with Gasteiger partial charge in [0.05, 0.1) is 22.4 Å². The van der Waals surface area contributed by atoms with Crippen LogP contribution in [0.25, 0.3) is 11.5 Å². The van der Waals surface area contributed by atoms with Gasteiger partial charge < -0.3 is 9.32 Å². The molecule has 1 unspecified atom stereocenters. The molecule has 0 bridgehead atoms. The first kappa shape index (κ1) is 18.5. The van der Waals surface area contributed by atoms with Crippen LogP contribution in [0, 0.1) is 0 Å². The van der Waals surface area contributed by atoms with Gasteiger partial charge in [-0.15, -0.1) is 21.5 Å². The number of aromatic nitrogens is 2. The molecule has 0 radical (unpaired) electrons. The lowest BCUT2D eigenvalue weighted by Crippen LogP contribution is -2.40. The fourth-order valence-electron chi connectivity index (χ4n) is 3.35. The van der Waals surface area contributed by atoms with Gasteiger partial charge in [-0.2, -0.15) is 0 Å². The molecule has 3 heterocycles. The van der Waals surface area contributed by atoms with E-state index in [-0.39, 0.29) is 17.7 Å². The summed E-state index contributed by atoms with van der Waals surface area (Å²) in [5.41, 5.74) is 1.99. The number of halogens is 1. The zero-order valence-electron chi connectivity index (χ0n) is 14.7. The predicted octanol–water partition coefficient (Wildman–Crippen LogP) is 5.08. The molecule has 1 atom stereocenters. The highest BCUT2D eigenvalue weighted by atomic mass is 35.5.